The van der Waals surface area contributed by atoms with Crippen molar-refractivity contribution in [3.63, 3.8) is 0 Å². The molecule has 0 saturated carbocycles. The van der Waals surface area contributed by atoms with Gasteiger partial charge in [-0.25, -0.2) is 4.98 Å². The largest absolute Gasteiger partial charge is 0.331 e. The molecule has 3 nitrogen and oxygen atoms in total. The van der Waals surface area contributed by atoms with Crippen LogP contribution in [0.4, 0.5) is 0 Å². The van der Waals surface area contributed by atoms with Crippen molar-refractivity contribution >= 4 is 0 Å². The van der Waals surface area contributed by atoms with Gasteiger partial charge in [0.1, 0.15) is 5.82 Å². The normalized spacial score (nSPS) is 13.6. The van der Waals surface area contributed by atoms with Crippen molar-refractivity contribution in [2.24, 2.45) is 0 Å². The van der Waals surface area contributed by atoms with E-state index in [0.717, 1.165) is 6.54 Å². The van der Waals surface area contributed by atoms with Crippen LogP contribution in [0.5, 0.6) is 0 Å². The van der Waals surface area contributed by atoms with E-state index in [0.29, 0.717) is 18.0 Å². The van der Waals surface area contributed by atoms with Gasteiger partial charge in [0.25, 0.3) is 0 Å². The minimum atomic E-state index is 0.468. The number of imidazole rings is 1. The highest BCUT2D eigenvalue weighted by Crippen LogP contribution is 2.16. The lowest BCUT2D eigenvalue weighted by Crippen LogP contribution is -2.33. The molecule has 1 rings (SSSR count). The molecule has 1 unspecified atom stereocenters. The number of aromatic nitrogens is 2. The second-order valence-electron chi connectivity index (χ2n) is 5.12. The SMILES string of the molecule is CCC(CC)NCC(C)n1ccnc1C(C)C. The first kappa shape index (κ1) is 14.2. The molecule has 0 aromatic carbocycles. The van der Waals surface area contributed by atoms with Gasteiger partial charge in [0.15, 0.2) is 0 Å². The van der Waals surface area contributed by atoms with E-state index in [1.807, 2.05) is 6.20 Å². The van der Waals surface area contributed by atoms with Crippen LogP contribution >= 0.6 is 0 Å². The predicted molar refractivity (Wildman–Crippen MR) is 73.4 cm³/mol. The fraction of sp³-hybridized carbons (Fsp3) is 0.786. The Bertz CT molecular complexity index is 313. The molecule has 17 heavy (non-hydrogen) atoms. The summed E-state index contributed by atoms with van der Waals surface area (Å²) in [5.41, 5.74) is 0. The quantitative estimate of drug-likeness (QED) is 0.788. The van der Waals surface area contributed by atoms with E-state index in [9.17, 15) is 0 Å². The minimum Gasteiger partial charge on any atom is -0.331 e. The first-order valence-corrected chi connectivity index (χ1v) is 6.86. The summed E-state index contributed by atoms with van der Waals surface area (Å²) in [6.07, 6.45) is 6.39. The summed E-state index contributed by atoms with van der Waals surface area (Å²) >= 11 is 0. The van der Waals surface area contributed by atoms with Crippen LogP contribution in [-0.2, 0) is 0 Å². The second-order valence-corrected chi connectivity index (χ2v) is 5.12. The van der Waals surface area contributed by atoms with Crippen molar-refractivity contribution < 1.29 is 0 Å². The van der Waals surface area contributed by atoms with Gasteiger partial charge in [-0.05, 0) is 19.8 Å². The van der Waals surface area contributed by atoms with Gasteiger partial charge in [0.2, 0.25) is 0 Å². The Morgan fingerprint density at radius 3 is 2.41 bits per heavy atom. The van der Waals surface area contributed by atoms with Crippen molar-refractivity contribution in [3.05, 3.63) is 18.2 Å². The van der Waals surface area contributed by atoms with Crippen LogP contribution < -0.4 is 5.32 Å². The van der Waals surface area contributed by atoms with E-state index in [1.165, 1.54) is 18.7 Å². The zero-order valence-corrected chi connectivity index (χ0v) is 11.9. The molecule has 0 saturated heterocycles. The van der Waals surface area contributed by atoms with E-state index in [1.54, 1.807) is 0 Å². The van der Waals surface area contributed by atoms with Crippen molar-refractivity contribution in [2.45, 2.75) is 65.5 Å². The molecule has 0 fully saturated rings. The molecule has 0 aliphatic heterocycles. The average molecular weight is 237 g/mol. The minimum absolute atomic E-state index is 0.468. The highest BCUT2D eigenvalue weighted by atomic mass is 15.1. The standard InChI is InChI=1S/C14H27N3/c1-6-13(7-2)16-10-12(5)17-9-8-15-14(17)11(3)4/h8-9,11-13,16H,6-7,10H2,1-5H3. The lowest BCUT2D eigenvalue weighted by molar-refractivity contribution is 0.411. The summed E-state index contributed by atoms with van der Waals surface area (Å²) in [5, 5.41) is 3.62. The van der Waals surface area contributed by atoms with Crippen LogP contribution in [0.1, 0.15) is 65.2 Å². The van der Waals surface area contributed by atoms with E-state index in [-0.39, 0.29) is 0 Å². The van der Waals surface area contributed by atoms with Crippen molar-refractivity contribution in [2.75, 3.05) is 6.54 Å². The summed E-state index contributed by atoms with van der Waals surface area (Å²) in [6.45, 7) is 12.1. The zero-order chi connectivity index (χ0) is 12.8. The van der Waals surface area contributed by atoms with Crippen LogP contribution in [0.15, 0.2) is 12.4 Å². The smallest absolute Gasteiger partial charge is 0.111 e. The van der Waals surface area contributed by atoms with E-state index < -0.39 is 0 Å². The van der Waals surface area contributed by atoms with Gasteiger partial charge in [0, 0.05) is 36.9 Å². The van der Waals surface area contributed by atoms with Crippen LogP contribution in [-0.4, -0.2) is 22.1 Å². The highest BCUT2D eigenvalue weighted by molar-refractivity contribution is 4.99. The molecule has 1 heterocycles. The number of nitrogens with zero attached hydrogens (tertiary/aromatic N) is 2. The maximum Gasteiger partial charge on any atom is 0.111 e. The van der Waals surface area contributed by atoms with Crippen molar-refractivity contribution in [3.8, 4) is 0 Å². The molecule has 0 aliphatic carbocycles. The molecule has 1 aromatic heterocycles. The number of hydrogen-bond acceptors (Lipinski definition) is 2. The molecule has 0 aliphatic rings. The highest BCUT2D eigenvalue weighted by Gasteiger charge is 2.13. The first-order valence-electron chi connectivity index (χ1n) is 6.86. The van der Waals surface area contributed by atoms with Crippen molar-refractivity contribution in [1.82, 2.24) is 14.9 Å². The van der Waals surface area contributed by atoms with Crippen molar-refractivity contribution in [1.29, 1.82) is 0 Å². The van der Waals surface area contributed by atoms with E-state index in [2.05, 4.69) is 55.7 Å². The lowest BCUT2D eigenvalue weighted by Gasteiger charge is -2.22. The summed E-state index contributed by atoms with van der Waals surface area (Å²) in [6, 6.07) is 1.11. The topological polar surface area (TPSA) is 29.9 Å². The molecule has 1 atom stereocenters. The van der Waals surface area contributed by atoms with Gasteiger partial charge in [-0.2, -0.15) is 0 Å². The maximum atomic E-state index is 4.44. The molecular weight excluding hydrogens is 210 g/mol. The van der Waals surface area contributed by atoms with E-state index in [4.69, 9.17) is 0 Å². The van der Waals surface area contributed by atoms with Gasteiger partial charge < -0.3 is 9.88 Å². The van der Waals surface area contributed by atoms with Crippen LogP contribution in [0.3, 0.4) is 0 Å². The van der Waals surface area contributed by atoms with E-state index >= 15 is 0 Å². The molecule has 0 bridgehead atoms. The zero-order valence-electron chi connectivity index (χ0n) is 11.9. The van der Waals surface area contributed by atoms with Gasteiger partial charge in [-0.3, -0.25) is 0 Å². The molecule has 3 heteroatoms. The predicted octanol–water partition coefficient (Wildman–Crippen LogP) is 3.35. The number of hydrogen-bond donors (Lipinski definition) is 1. The Kier molecular flexibility index (Phi) is 5.69. The number of nitrogens with one attached hydrogen (secondary N) is 1. The fourth-order valence-corrected chi connectivity index (χ4v) is 2.16. The Morgan fingerprint density at radius 2 is 1.88 bits per heavy atom. The maximum absolute atomic E-state index is 4.44. The van der Waals surface area contributed by atoms with Gasteiger partial charge in [-0.1, -0.05) is 27.7 Å². The van der Waals surface area contributed by atoms with Gasteiger partial charge >= 0.3 is 0 Å². The van der Waals surface area contributed by atoms with Crippen LogP contribution in [0.25, 0.3) is 0 Å². The molecule has 98 valence electrons. The summed E-state index contributed by atoms with van der Waals surface area (Å²) in [4.78, 5) is 4.44. The third-order valence-electron chi connectivity index (χ3n) is 3.38. The third-order valence-corrected chi connectivity index (χ3v) is 3.38. The van der Waals surface area contributed by atoms with Crippen LogP contribution in [0.2, 0.25) is 0 Å². The lowest BCUT2D eigenvalue weighted by atomic mass is 10.1. The molecule has 0 spiro atoms. The van der Waals surface area contributed by atoms with Gasteiger partial charge in [0.05, 0.1) is 0 Å². The summed E-state index contributed by atoms with van der Waals surface area (Å²) in [5.74, 6) is 1.67. The Balaban J connectivity index is 2.57. The monoisotopic (exact) mass is 237 g/mol. The average Bonchev–Trinajstić information content (AvgIpc) is 2.79. The summed E-state index contributed by atoms with van der Waals surface area (Å²) < 4.78 is 2.29. The first-order chi connectivity index (χ1) is 8.10. The molecule has 1 N–H and O–H groups in total. The van der Waals surface area contributed by atoms with Crippen LogP contribution in [0, 0.1) is 0 Å². The molecule has 1 aromatic rings. The third kappa shape index (κ3) is 3.84. The Labute approximate surface area is 106 Å². The van der Waals surface area contributed by atoms with Gasteiger partial charge in [-0.15, -0.1) is 0 Å². The molecular formula is C14H27N3. The second kappa shape index (κ2) is 6.80. The Morgan fingerprint density at radius 1 is 1.24 bits per heavy atom. The Hall–Kier alpha value is -0.830. The molecule has 0 radical (unpaired) electrons. The summed E-state index contributed by atoms with van der Waals surface area (Å²) in [7, 11) is 0. The molecule has 0 amide bonds. The number of rotatable bonds is 7. The fourth-order valence-electron chi connectivity index (χ4n) is 2.16.